The van der Waals surface area contributed by atoms with Gasteiger partial charge in [-0.3, -0.25) is 20.0 Å². The average molecular weight is 463 g/mol. The van der Waals surface area contributed by atoms with Gasteiger partial charge in [0.25, 0.3) is 11.8 Å². The molecule has 2 aromatic rings. The highest BCUT2D eigenvalue weighted by atomic mass is 16.2. The predicted octanol–water partition coefficient (Wildman–Crippen LogP) is 2.76. The summed E-state index contributed by atoms with van der Waals surface area (Å²) in [4.78, 5) is 42.6. The molecule has 0 aliphatic heterocycles. The molecule has 2 saturated carbocycles. The Morgan fingerprint density at radius 1 is 1.12 bits per heavy atom. The van der Waals surface area contributed by atoms with Crippen molar-refractivity contribution in [2.75, 3.05) is 12.4 Å². The van der Waals surface area contributed by atoms with E-state index in [1.165, 1.54) is 19.0 Å². The van der Waals surface area contributed by atoms with Gasteiger partial charge in [0.1, 0.15) is 18.1 Å². The third-order valence-electron chi connectivity index (χ3n) is 6.05. The Bertz CT molecular complexity index is 1060. The molecule has 1 atom stereocenters. The van der Waals surface area contributed by atoms with Crippen molar-refractivity contribution in [3.8, 4) is 0 Å². The average Bonchev–Trinajstić information content (AvgIpc) is 3.70. The lowest BCUT2D eigenvalue weighted by molar-refractivity contribution is -0.115. The van der Waals surface area contributed by atoms with Crippen molar-refractivity contribution in [3.63, 3.8) is 0 Å². The third kappa shape index (κ3) is 6.00. The van der Waals surface area contributed by atoms with Crippen LogP contribution in [0.1, 0.15) is 67.0 Å². The van der Waals surface area contributed by atoms with Crippen LogP contribution in [0.3, 0.4) is 0 Å². The molecule has 0 radical (unpaired) electrons. The molecule has 0 spiro atoms. The molecular formula is C24H30N8O2. The minimum atomic E-state index is -0.972. The molecule has 10 heteroatoms. The van der Waals surface area contributed by atoms with E-state index < -0.39 is 17.9 Å². The van der Waals surface area contributed by atoms with Crippen LogP contribution in [0, 0.1) is 5.41 Å². The van der Waals surface area contributed by atoms with Gasteiger partial charge in [-0.1, -0.05) is 19.3 Å². The summed E-state index contributed by atoms with van der Waals surface area (Å²) in [6.07, 6.45) is 13.2. The lowest BCUT2D eigenvalue weighted by atomic mass is 9.95. The number of hydrogen-bond acceptors (Lipinski definition) is 8. The highest BCUT2D eigenvalue weighted by molar-refractivity contribution is 6.43. The Labute approximate surface area is 198 Å². The van der Waals surface area contributed by atoms with E-state index in [1.807, 2.05) is 12.1 Å². The molecule has 2 heterocycles. The molecule has 2 aliphatic carbocycles. The molecule has 2 fully saturated rings. The SMILES string of the molecule is CN=CC(NC(=O)c1nc(C2CC2)ccc1Nc1cncnc1)C(=N)C(=O)NC1CCCCC1. The van der Waals surface area contributed by atoms with Gasteiger partial charge in [0.15, 0.2) is 5.69 Å². The summed E-state index contributed by atoms with van der Waals surface area (Å²) in [7, 11) is 1.54. The molecule has 4 N–H and O–H groups in total. The van der Waals surface area contributed by atoms with Crippen LogP contribution in [0.2, 0.25) is 0 Å². The molecule has 10 nitrogen and oxygen atoms in total. The van der Waals surface area contributed by atoms with E-state index in [2.05, 4.69) is 35.9 Å². The van der Waals surface area contributed by atoms with Gasteiger partial charge in [0, 0.05) is 30.9 Å². The Kier molecular flexibility index (Phi) is 7.56. The first-order chi connectivity index (χ1) is 16.5. The van der Waals surface area contributed by atoms with E-state index in [-0.39, 0.29) is 17.4 Å². The summed E-state index contributed by atoms with van der Waals surface area (Å²) >= 11 is 0. The van der Waals surface area contributed by atoms with E-state index in [4.69, 9.17) is 5.41 Å². The van der Waals surface area contributed by atoms with Crippen LogP contribution in [-0.4, -0.2) is 57.8 Å². The van der Waals surface area contributed by atoms with E-state index >= 15 is 0 Å². The van der Waals surface area contributed by atoms with Crippen molar-refractivity contribution in [2.24, 2.45) is 4.99 Å². The summed E-state index contributed by atoms with van der Waals surface area (Å²) in [6.45, 7) is 0. The number of aliphatic imine (C=N–C) groups is 1. The Hall–Kier alpha value is -3.69. The maximum atomic E-state index is 13.3. The van der Waals surface area contributed by atoms with Gasteiger partial charge >= 0.3 is 0 Å². The van der Waals surface area contributed by atoms with Crippen molar-refractivity contribution in [3.05, 3.63) is 42.2 Å². The van der Waals surface area contributed by atoms with Crippen LogP contribution in [0.4, 0.5) is 11.4 Å². The zero-order chi connectivity index (χ0) is 23.9. The molecule has 0 aromatic carbocycles. The van der Waals surface area contributed by atoms with Crippen LogP contribution in [-0.2, 0) is 4.79 Å². The number of hydrogen-bond donors (Lipinski definition) is 4. The first-order valence-electron chi connectivity index (χ1n) is 11.7. The third-order valence-corrected chi connectivity index (χ3v) is 6.05. The number of aromatic nitrogens is 3. The zero-order valence-corrected chi connectivity index (χ0v) is 19.3. The molecule has 4 rings (SSSR count). The van der Waals surface area contributed by atoms with Gasteiger partial charge in [-0.15, -0.1) is 0 Å². The van der Waals surface area contributed by atoms with Gasteiger partial charge in [-0.05, 0) is 37.8 Å². The van der Waals surface area contributed by atoms with Gasteiger partial charge in [0.2, 0.25) is 0 Å². The minimum Gasteiger partial charge on any atom is -0.351 e. The minimum absolute atomic E-state index is 0.0669. The predicted molar refractivity (Wildman–Crippen MR) is 130 cm³/mol. The molecule has 0 bridgehead atoms. The Morgan fingerprint density at radius 2 is 1.85 bits per heavy atom. The summed E-state index contributed by atoms with van der Waals surface area (Å²) in [6, 6.07) is 2.82. The number of nitrogens with one attached hydrogen (secondary N) is 4. The largest absolute Gasteiger partial charge is 0.351 e. The molecule has 0 saturated heterocycles. The van der Waals surface area contributed by atoms with Gasteiger partial charge in [0.05, 0.1) is 23.8 Å². The van der Waals surface area contributed by atoms with E-state index in [0.717, 1.165) is 44.2 Å². The van der Waals surface area contributed by atoms with Crippen molar-refractivity contribution in [2.45, 2.75) is 62.9 Å². The number of carbonyl (C=O) groups excluding carboxylic acids is 2. The van der Waals surface area contributed by atoms with Gasteiger partial charge in [-0.2, -0.15) is 0 Å². The van der Waals surface area contributed by atoms with Gasteiger partial charge < -0.3 is 16.0 Å². The number of nitrogens with zero attached hydrogens (tertiary/aromatic N) is 4. The number of anilines is 2. The number of amides is 2. The van der Waals surface area contributed by atoms with Crippen molar-refractivity contribution in [1.29, 1.82) is 5.41 Å². The molecule has 178 valence electrons. The summed E-state index contributed by atoms with van der Waals surface area (Å²) in [5.41, 5.74) is 1.88. The van der Waals surface area contributed by atoms with Crippen LogP contribution in [0.15, 0.2) is 35.8 Å². The monoisotopic (exact) mass is 462 g/mol. The van der Waals surface area contributed by atoms with Crippen molar-refractivity contribution >= 4 is 35.1 Å². The highest BCUT2D eigenvalue weighted by Crippen LogP contribution is 2.39. The Morgan fingerprint density at radius 3 is 2.53 bits per heavy atom. The lowest BCUT2D eigenvalue weighted by Gasteiger charge is -2.24. The second-order valence-corrected chi connectivity index (χ2v) is 8.74. The number of pyridine rings is 1. The molecule has 34 heavy (non-hydrogen) atoms. The molecule has 2 amide bonds. The van der Waals surface area contributed by atoms with E-state index in [9.17, 15) is 9.59 Å². The number of rotatable bonds is 9. The van der Waals surface area contributed by atoms with Crippen molar-refractivity contribution in [1.82, 2.24) is 25.6 Å². The molecule has 2 aromatic heterocycles. The molecular weight excluding hydrogens is 432 g/mol. The number of carbonyl (C=O) groups is 2. The summed E-state index contributed by atoms with van der Waals surface area (Å²) in [5, 5.41) is 17.2. The fourth-order valence-electron chi connectivity index (χ4n) is 4.07. The van der Waals surface area contributed by atoms with Crippen LogP contribution >= 0.6 is 0 Å². The topological polar surface area (TPSA) is 145 Å². The fourth-order valence-corrected chi connectivity index (χ4v) is 4.07. The fraction of sp³-hybridized carbons (Fsp3) is 0.458. The maximum absolute atomic E-state index is 13.3. The zero-order valence-electron chi connectivity index (χ0n) is 19.3. The van der Waals surface area contributed by atoms with Crippen LogP contribution in [0.5, 0.6) is 0 Å². The van der Waals surface area contributed by atoms with E-state index in [0.29, 0.717) is 17.3 Å². The van der Waals surface area contributed by atoms with Crippen LogP contribution in [0.25, 0.3) is 0 Å². The summed E-state index contributed by atoms with van der Waals surface area (Å²) in [5.74, 6) is -0.633. The molecule has 1 unspecified atom stereocenters. The highest BCUT2D eigenvalue weighted by Gasteiger charge is 2.29. The van der Waals surface area contributed by atoms with E-state index in [1.54, 1.807) is 19.4 Å². The lowest BCUT2D eigenvalue weighted by Crippen LogP contribution is -2.50. The quantitative estimate of drug-likeness (QED) is 0.422. The van der Waals surface area contributed by atoms with Crippen LogP contribution < -0.4 is 16.0 Å². The summed E-state index contributed by atoms with van der Waals surface area (Å²) < 4.78 is 0. The maximum Gasteiger partial charge on any atom is 0.272 e. The normalized spacial score (nSPS) is 17.2. The standard InChI is InChI=1S/C24H30N8O2/c1-26-13-20(21(25)23(33)30-16-5-3-2-4-6-16)32-24(34)22-19(29-17-11-27-14-28-12-17)10-9-18(31-22)15-7-8-15/h9-16,20,25,29H,2-8H2,1H3,(H,30,33)(H,32,34). The van der Waals surface area contributed by atoms with Crippen molar-refractivity contribution < 1.29 is 9.59 Å². The smallest absolute Gasteiger partial charge is 0.272 e. The first-order valence-corrected chi connectivity index (χ1v) is 11.7. The Balaban J connectivity index is 1.51. The second kappa shape index (κ2) is 11.0. The first kappa shape index (κ1) is 23.5. The van der Waals surface area contributed by atoms with Gasteiger partial charge in [-0.25, -0.2) is 15.0 Å². The second-order valence-electron chi connectivity index (χ2n) is 8.74. The molecule has 2 aliphatic rings.